The quantitative estimate of drug-likeness (QED) is 0.359. The molecule has 0 radical (unpaired) electrons. The summed E-state index contributed by atoms with van der Waals surface area (Å²) in [7, 11) is -4.61. The van der Waals surface area contributed by atoms with Gasteiger partial charge < -0.3 is 29.6 Å². The van der Waals surface area contributed by atoms with E-state index in [1.165, 1.54) is 31.4 Å². The lowest BCUT2D eigenvalue weighted by atomic mass is 9.49. The van der Waals surface area contributed by atoms with Crippen LogP contribution in [-0.4, -0.2) is 106 Å². The van der Waals surface area contributed by atoms with Crippen LogP contribution in [0, 0.1) is 35.0 Å². The number of benzene rings is 1. The third kappa shape index (κ3) is 6.60. The second kappa shape index (κ2) is 13.7. The van der Waals surface area contributed by atoms with E-state index in [4.69, 9.17) is 9.84 Å². The Bertz CT molecular complexity index is 1670. The lowest BCUT2D eigenvalue weighted by Crippen LogP contribution is -2.56. The predicted molar refractivity (Wildman–Crippen MR) is 187 cm³/mol. The molecule has 1 unspecified atom stereocenters. The highest BCUT2D eigenvalue weighted by Crippen LogP contribution is 2.60. The molecular weight excluding hydrogens is 660 g/mol. The average molecular weight is 713 g/mol. The first-order valence-electron chi connectivity index (χ1n) is 18.6. The number of fused-ring (bicyclic) bond motifs is 1. The van der Waals surface area contributed by atoms with E-state index in [0.29, 0.717) is 45.9 Å². The Balaban J connectivity index is 0.885. The van der Waals surface area contributed by atoms with Crippen LogP contribution in [-0.2, 0) is 14.8 Å². The molecule has 2 saturated heterocycles. The molecule has 4 bridgehead atoms. The molecule has 6 aliphatic rings. The second-order valence-corrected chi connectivity index (χ2v) is 17.9. The molecule has 2 aliphatic heterocycles. The number of rotatable bonds is 9. The molecular formula is C37H52N4O8S. The van der Waals surface area contributed by atoms with Crippen molar-refractivity contribution in [1.29, 1.82) is 0 Å². The van der Waals surface area contributed by atoms with Crippen LogP contribution in [0.2, 0.25) is 0 Å². The van der Waals surface area contributed by atoms with Crippen LogP contribution >= 0.6 is 0 Å². The van der Waals surface area contributed by atoms with Crippen LogP contribution in [0.25, 0.3) is 10.9 Å². The highest BCUT2D eigenvalue weighted by molar-refractivity contribution is 8.04. The summed E-state index contributed by atoms with van der Waals surface area (Å²) in [6.45, 7) is 6.84. The standard InChI is InChI=1S/C37H52N4O8S/c1-24(2)40(22-30(42)23-49-33-5-3-4-32-31(33)10-15-41(32)50(47,48)36(45)46)35(44)39-13-8-29(9-14-39)28-6-11-38(12-7-28)34(43)37-19-25-16-26(20-37)18-27(17-25)21-37/h3-5,10,15,24-30,42H,6-9,11-14,16-23H2,1-2H3,(H,45,46). The smallest absolute Gasteiger partial charge is 0.443 e. The fourth-order valence-electron chi connectivity index (χ4n) is 10.5. The van der Waals surface area contributed by atoms with Crippen LogP contribution in [0.3, 0.4) is 0 Å². The topological polar surface area (TPSA) is 150 Å². The zero-order valence-electron chi connectivity index (χ0n) is 29.3. The number of aliphatic hydroxyl groups excluding tert-OH is 1. The van der Waals surface area contributed by atoms with Gasteiger partial charge in [-0.05, 0) is 126 Å². The number of aromatic nitrogens is 1. The van der Waals surface area contributed by atoms with E-state index >= 15 is 0 Å². The largest absolute Gasteiger partial charge is 0.490 e. The minimum atomic E-state index is -4.61. The molecule has 2 aromatic rings. The number of hydrogen-bond acceptors (Lipinski definition) is 7. The number of amides is 3. The number of aliphatic hydroxyl groups is 1. The highest BCUT2D eigenvalue weighted by atomic mass is 32.2. The number of hydrogen-bond donors (Lipinski definition) is 2. The van der Waals surface area contributed by atoms with Crippen LogP contribution in [0.5, 0.6) is 5.75 Å². The van der Waals surface area contributed by atoms with Gasteiger partial charge in [-0.1, -0.05) is 6.07 Å². The number of piperidine rings is 2. The summed E-state index contributed by atoms with van der Waals surface area (Å²) in [5.74, 6) is 4.21. The molecule has 13 heteroatoms. The monoisotopic (exact) mass is 712 g/mol. The predicted octanol–water partition coefficient (Wildman–Crippen LogP) is 5.23. The summed E-state index contributed by atoms with van der Waals surface area (Å²) in [5.41, 5.74) is 0.0866. The van der Waals surface area contributed by atoms with Crippen LogP contribution < -0.4 is 4.74 Å². The maximum Gasteiger partial charge on any atom is 0.443 e. The first-order valence-corrected chi connectivity index (χ1v) is 20.0. The van der Waals surface area contributed by atoms with Gasteiger partial charge in [-0.3, -0.25) is 4.79 Å². The molecule has 0 spiro atoms. The molecule has 1 aromatic heterocycles. The molecule has 4 saturated carbocycles. The normalized spacial score (nSPS) is 28.0. The molecule has 12 nitrogen and oxygen atoms in total. The highest BCUT2D eigenvalue weighted by Gasteiger charge is 2.55. The number of ether oxygens (including phenoxy) is 1. The van der Waals surface area contributed by atoms with Gasteiger partial charge in [0.25, 0.3) is 0 Å². The number of nitrogens with zero attached hydrogens (tertiary/aromatic N) is 4. The Kier molecular flexibility index (Phi) is 9.59. The molecule has 1 atom stereocenters. The third-order valence-electron chi connectivity index (χ3n) is 12.6. The Morgan fingerprint density at radius 2 is 1.46 bits per heavy atom. The molecule has 3 heterocycles. The molecule has 2 N–H and O–H groups in total. The fourth-order valence-corrected chi connectivity index (χ4v) is 11.3. The van der Waals surface area contributed by atoms with Gasteiger partial charge in [0.15, 0.2) is 0 Å². The molecule has 274 valence electrons. The fraction of sp³-hybridized carbons (Fsp3) is 0.703. The van der Waals surface area contributed by atoms with Crippen molar-refractivity contribution in [2.45, 2.75) is 90.2 Å². The summed E-state index contributed by atoms with van der Waals surface area (Å²) in [6.07, 6.45) is 11.6. The SMILES string of the molecule is CC(C)N(CC(O)COc1cccc2c1ccn2S(=O)(=O)C(=O)O)C(=O)N1CCC(C2CCN(C(=O)C34CC5CC(CC(C5)C3)C4)CC2)CC1. The van der Waals surface area contributed by atoms with Gasteiger partial charge in [0, 0.05) is 43.8 Å². The summed E-state index contributed by atoms with van der Waals surface area (Å²) in [5, 5.41) is 18.5. The Morgan fingerprint density at radius 3 is 2.00 bits per heavy atom. The summed E-state index contributed by atoms with van der Waals surface area (Å²) in [4.78, 5) is 44.6. The van der Waals surface area contributed by atoms with E-state index in [2.05, 4.69) is 4.90 Å². The first kappa shape index (κ1) is 35.1. The van der Waals surface area contributed by atoms with Gasteiger partial charge >= 0.3 is 21.4 Å². The van der Waals surface area contributed by atoms with Crippen LogP contribution in [0.1, 0.15) is 78.1 Å². The maximum atomic E-state index is 13.9. The molecule has 6 fully saturated rings. The number of urea groups is 1. The Hall–Kier alpha value is -3.32. The van der Waals surface area contributed by atoms with Crippen molar-refractivity contribution in [2.24, 2.45) is 35.0 Å². The molecule has 50 heavy (non-hydrogen) atoms. The van der Waals surface area contributed by atoms with Gasteiger partial charge in [0.2, 0.25) is 5.91 Å². The van der Waals surface area contributed by atoms with Gasteiger partial charge in [-0.2, -0.15) is 8.42 Å². The minimum absolute atomic E-state index is 0.0646. The zero-order chi connectivity index (χ0) is 35.4. The van der Waals surface area contributed by atoms with E-state index in [9.17, 15) is 27.9 Å². The van der Waals surface area contributed by atoms with Gasteiger partial charge in [-0.15, -0.1) is 0 Å². The van der Waals surface area contributed by atoms with Gasteiger partial charge in [0.1, 0.15) is 18.5 Å². The first-order chi connectivity index (χ1) is 23.8. The molecule has 8 rings (SSSR count). The van der Waals surface area contributed by atoms with E-state index in [1.807, 2.05) is 18.7 Å². The number of carbonyl (C=O) groups excluding carboxylic acids is 2. The van der Waals surface area contributed by atoms with E-state index in [0.717, 1.165) is 82.0 Å². The molecule has 3 amide bonds. The zero-order valence-corrected chi connectivity index (χ0v) is 30.1. The molecule has 1 aromatic carbocycles. The third-order valence-corrected chi connectivity index (χ3v) is 13.9. The van der Waals surface area contributed by atoms with Crippen molar-refractivity contribution in [3.8, 4) is 5.75 Å². The van der Waals surface area contributed by atoms with Crippen molar-refractivity contribution < 1.29 is 37.8 Å². The second-order valence-electron chi connectivity index (χ2n) is 16.2. The van der Waals surface area contributed by atoms with Crippen molar-refractivity contribution in [2.75, 3.05) is 39.3 Å². The maximum absolute atomic E-state index is 13.9. The molecule has 4 aliphatic carbocycles. The van der Waals surface area contributed by atoms with Crippen molar-refractivity contribution >= 4 is 38.2 Å². The lowest BCUT2D eigenvalue weighted by molar-refractivity contribution is -0.159. The number of carbonyl (C=O) groups is 3. The van der Waals surface area contributed by atoms with Crippen molar-refractivity contribution in [1.82, 2.24) is 18.7 Å². The van der Waals surface area contributed by atoms with Gasteiger partial charge in [0.05, 0.1) is 17.5 Å². The van der Waals surface area contributed by atoms with Crippen LogP contribution in [0.15, 0.2) is 30.5 Å². The summed E-state index contributed by atoms with van der Waals surface area (Å²) >= 11 is 0. The van der Waals surface area contributed by atoms with E-state index in [1.54, 1.807) is 17.0 Å². The average Bonchev–Trinajstić information content (AvgIpc) is 3.54. The Labute approximate surface area is 294 Å². The van der Waals surface area contributed by atoms with Crippen LogP contribution in [0.4, 0.5) is 9.59 Å². The van der Waals surface area contributed by atoms with Crippen molar-refractivity contribution in [3.63, 3.8) is 0 Å². The van der Waals surface area contributed by atoms with Crippen molar-refractivity contribution in [3.05, 3.63) is 30.5 Å². The number of likely N-dealkylation sites (tertiary alicyclic amines) is 2. The van der Waals surface area contributed by atoms with E-state index in [-0.39, 0.29) is 36.2 Å². The lowest BCUT2D eigenvalue weighted by Gasteiger charge is -2.57. The Morgan fingerprint density at radius 1 is 0.900 bits per heavy atom. The summed E-state index contributed by atoms with van der Waals surface area (Å²) < 4.78 is 31.0. The van der Waals surface area contributed by atoms with E-state index < -0.39 is 21.4 Å². The summed E-state index contributed by atoms with van der Waals surface area (Å²) in [6, 6.07) is 5.85. The minimum Gasteiger partial charge on any atom is -0.490 e. The number of carboxylic acid groups (broad SMARTS) is 1. The van der Waals surface area contributed by atoms with Gasteiger partial charge in [-0.25, -0.2) is 13.6 Å².